The molecule has 0 bridgehead atoms. The van der Waals surface area contributed by atoms with Crippen LogP contribution in [0.3, 0.4) is 0 Å². The van der Waals surface area contributed by atoms with Crippen LogP contribution in [0.25, 0.3) is 0 Å². The summed E-state index contributed by atoms with van der Waals surface area (Å²) in [5.41, 5.74) is 2.59. The predicted molar refractivity (Wildman–Crippen MR) is 86.1 cm³/mol. The third-order valence-corrected chi connectivity index (χ3v) is 4.32. The fourth-order valence-electron chi connectivity index (χ4n) is 1.79. The molecule has 98 valence electrons. The maximum atomic E-state index is 12.3. The lowest BCUT2D eigenvalue weighted by molar-refractivity contribution is 0.0992. The molecule has 0 aliphatic heterocycles. The van der Waals surface area contributed by atoms with Gasteiger partial charge in [-0.3, -0.25) is 4.79 Å². The number of hydrogen-bond acceptors (Lipinski definition) is 1. The van der Waals surface area contributed by atoms with Gasteiger partial charge in [0.25, 0.3) is 0 Å². The Balaban J connectivity index is 2.28. The number of aryl methyl sites for hydroxylation is 1. The van der Waals surface area contributed by atoms with Crippen LogP contribution in [0.5, 0.6) is 0 Å². The zero-order chi connectivity index (χ0) is 14.0. The van der Waals surface area contributed by atoms with E-state index in [9.17, 15) is 4.79 Å². The molecule has 0 aromatic heterocycles. The first kappa shape index (κ1) is 14.8. The zero-order valence-electron chi connectivity index (χ0n) is 10.2. The van der Waals surface area contributed by atoms with Gasteiger partial charge in [0.2, 0.25) is 0 Å². The summed E-state index contributed by atoms with van der Waals surface area (Å²) in [7, 11) is 0. The first-order chi connectivity index (χ1) is 8.97. The van der Waals surface area contributed by atoms with E-state index in [4.69, 9.17) is 11.6 Å². The number of benzene rings is 2. The van der Waals surface area contributed by atoms with Gasteiger partial charge in [-0.25, -0.2) is 0 Å². The lowest BCUT2D eigenvalue weighted by Gasteiger charge is -2.07. The molecule has 0 fully saturated rings. The van der Waals surface area contributed by atoms with Crippen molar-refractivity contribution in [3.8, 4) is 0 Å². The topological polar surface area (TPSA) is 17.1 Å². The molecule has 0 saturated carbocycles. The van der Waals surface area contributed by atoms with Crippen molar-refractivity contribution in [3.05, 3.63) is 67.1 Å². The summed E-state index contributed by atoms with van der Waals surface area (Å²) in [6, 6.07) is 11.3. The van der Waals surface area contributed by atoms with Gasteiger partial charge >= 0.3 is 0 Å². The van der Waals surface area contributed by atoms with Crippen molar-refractivity contribution >= 4 is 49.2 Å². The molecule has 2 aromatic rings. The van der Waals surface area contributed by atoms with Gasteiger partial charge in [-0.15, -0.1) is 0 Å². The molecular formula is C15H11Br2ClO. The predicted octanol–water partition coefficient (Wildman–Crippen LogP) is 5.60. The smallest absolute Gasteiger partial charge is 0.168 e. The number of Topliss-reactive ketones (excluding diaryl/α,β-unsaturated/α-hetero) is 1. The fourth-order valence-corrected chi connectivity index (χ4v) is 2.99. The van der Waals surface area contributed by atoms with E-state index in [2.05, 4.69) is 31.9 Å². The van der Waals surface area contributed by atoms with Crippen molar-refractivity contribution in [2.45, 2.75) is 13.3 Å². The Labute approximate surface area is 134 Å². The first-order valence-corrected chi connectivity index (χ1v) is 7.67. The minimum Gasteiger partial charge on any atom is -0.294 e. The number of ketones is 1. The van der Waals surface area contributed by atoms with E-state index in [-0.39, 0.29) is 5.78 Å². The van der Waals surface area contributed by atoms with Gasteiger partial charge in [-0.1, -0.05) is 61.2 Å². The molecular weight excluding hydrogens is 391 g/mol. The van der Waals surface area contributed by atoms with Gasteiger partial charge in [-0.05, 0) is 36.8 Å². The van der Waals surface area contributed by atoms with Crippen LogP contribution in [0.1, 0.15) is 21.5 Å². The number of halogens is 3. The molecule has 0 radical (unpaired) electrons. The van der Waals surface area contributed by atoms with Crippen molar-refractivity contribution in [3.63, 3.8) is 0 Å². The van der Waals surface area contributed by atoms with Gasteiger partial charge in [0, 0.05) is 26.0 Å². The maximum absolute atomic E-state index is 12.3. The first-order valence-electron chi connectivity index (χ1n) is 5.70. The Hall–Kier alpha value is -0.640. The summed E-state index contributed by atoms with van der Waals surface area (Å²) < 4.78 is 1.72. The highest BCUT2D eigenvalue weighted by atomic mass is 79.9. The second kappa shape index (κ2) is 6.21. The third kappa shape index (κ3) is 3.68. The minimum atomic E-state index is 0.0554. The molecule has 0 aliphatic carbocycles. The van der Waals surface area contributed by atoms with E-state index in [1.165, 1.54) is 0 Å². The molecule has 2 rings (SSSR count). The Morgan fingerprint density at radius 2 is 1.89 bits per heavy atom. The average Bonchev–Trinajstić information content (AvgIpc) is 2.35. The second-order valence-electron chi connectivity index (χ2n) is 4.32. The highest BCUT2D eigenvalue weighted by Gasteiger charge is 2.13. The van der Waals surface area contributed by atoms with Crippen LogP contribution in [-0.2, 0) is 6.42 Å². The summed E-state index contributed by atoms with van der Waals surface area (Å²) in [5.74, 6) is 0.0554. The summed E-state index contributed by atoms with van der Waals surface area (Å²) in [4.78, 5) is 12.3. The molecule has 0 atom stereocenters. The number of carbonyl (C=O) groups is 1. The van der Waals surface area contributed by atoms with Crippen LogP contribution >= 0.6 is 43.5 Å². The van der Waals surface area contributed by atoms with E-state index in [0.29, 0.717) is 17.0 Å². The van der Waals surface area contributed by atoms with Crippen LogP contribution in [0.15, 0.2) is 45.3 Å². The number of hydrogen-bond donors (Lipinski definition) is 0. The molecule has 0 amide bonds. The molecule has 19 heavy (non-hydrogen) atoms. The largest absolute Gasteiger partial charge is 0.294 e. The van der Waals surface area contributed by atoms with Gasteiger partial charge in [0.15, 0.2) is 5.78 Å². The molecule has 2 aromatic carbocycles. The normalized spacial score (nSPS) is 10.5. The summed E-state index contributed by atoms with van der Waals surface area (Å²) >= 11 is 12.9. The maximum Gasteiger partial charge on any atom is 0.168 e. The molecule has 1 nitrogen and oxygen atoms in total. The summed E-state index contributed by atoms with van der Waals surface area (Å²) in [6.45, 7) is 1.97. The third-order valence-electron chi connectivity index (χ3n) is 2.79. The lowest BCUT2D eigenvalue weighted by atomic mass is 10.0. The van der Waals surface area contributed by atoms with Gasteiger partial charge in [-0.2, -0.15) is 0 Å². The summed E-state index contributed by atoms with van der Waals surface area (Å²) in [6.07, 6.45) is 0.300. The summed E-state index contributed by atoms with van der Waals surface area (Å²) in [5, 5.41) is 0.603. The molecule has 0 saturated heterocycles. The SMILES string of the molecule is Cc1ccc(Br)c(C(=O)Cc2ccc(Br)cc2Cl)c1. The highest BCUT2D eigenvalue weighted by Crippen LogP contribution is 2.25. The molecule has 0 spiro atoms. The van der Waals surface area contributed by atoms with Crippen molar-refractivity contribution in [1.82, 2.24) is 0 Å². The number of carbonyl (C=O) groups excluding carboxylic acids is 1. The highest BCUT2D eigenvalue weighted by molar-refractivity contribution is 9.10. The molecule has 0 aliphatic rings. The van der Waals surface area contributed by atoms with Crippen molar-refractivity contribution in [2.24, 2.45) is 0 Å². The van der Waals surface area contributed by atoms with Crippen LogP contribution in [0, 0.1) is 6.92 Å². The molecule has 0 unspecified atom stereocenters. The van der Waals surface area contributed by atoms with Gasteiger partial charge in [0.05, 0.1) is 0 Å². The monoisotopic (exact) mass is 400 g/mol. The van der Waals surface area contributed by atoms with Crippen LogP contribution in [0.2, 0.25) is 5.02 Å². The van der Waals surface area contributed by atoms with Crippen LogP contribution in [0.4, 0.5) is 0 Å². The van der Waals surface area contributed by atoms with Crippen LogP contribution in [-0.4, -0.2) is 5.78 Å². The van der Waals surface area contributed by atoms with E-state index in [0.717, 1.165) is 20.1 Å². The molecule has 4 heteroatoms. The minimum absolute atomic E-state index is 0.0554. The molecule has 0 N–H and O–H groups in total. The zero-order valence-corrected chi connectivity index (χ0v) is 14.1. The van der Waals surface area contributed by atoms with E-state index in [1.54, 1.807) is 6.07 Å². The van der Waals surface area contributed by atoms with E-state index in [1.807, 2.05) is 37.3 Å². The van der Waals surface area contributed by atoms with E-state index >= 15 is 0 Å². The van der Waals surface area contributed by atoms with Gasteiger partial charge < -0.3 is 0 Å². The fraction of sp³-hybridized carbons (Fsp3) is 0.133. The lowest BCUT2D eigenvalue weighted by Crippen LogP contribution is -2.05. The molecule has 0 heterocycles. The van der Waals surface area contributed by atoms with Crippen molar-refractivity contribution in [1.29, 1.82) is 0 Å². The second-order valence-corrected chi connectivity index (χ2v) is 6.50. The van der Waals surface area contributed by atoms with Gasteiger partial charge in [0.1, 0.15) is 0 Å². The van der Waals surface area contributed by atoms with Crippen molar-refractivity contribution in [2.75, 3.05) is 0 Å². The standard InChI is InChI=1S/C15H11Br2ClO/c1-9-2-5-13(17)12(6-9)15(19)7-10-3-4-11(16)8-14(10)18/h2-6,8H,7H2,1H3. The Morgan fingerprint density at radius 1 is 1.16 bits per heavy atom. The number of rotatable bonds is 3. The van der Waals surface area contributed by atoms with Crippen LogP contribution < -0.4 is 0 Å². The average molecular weight is 403 g/mol. The quantitative estimate of drug-likeness (QED) is 0.611. The van der Waals surface area contributed by atoms with E-state index < -0.39 is 0 Å². The Morgan fingerprint density at radius 3 is 2.58 bits per heavy atom. The Bertz CT molecular complexity index is 638. The Kier molecular flexibility index (Phi) is 4.82. The van der Waals surface area contributed by atoms with Crippen molar-refractivity contribution < 1.29 is 4.79 Å².